The van der Waals surface area contributed by atoms with E-state index in [1.54, 1.807) is 17.8 Å². The lowest BCUT2D eigenvalue weighted by Gasteiger charge is -2.16. The van der Waals surface area contributed by atoms with Gasteiger partial charge in [0.15, 0.2) is 0 Å². The highest BCUT2D eigenvalue weighted by molar-refractivity contribution is 9.10. The van der Waals surface area contributed by atoms with Gasteiger partial charge < -0.3 is 5.32 Å². The fourth-order valence-corrected chi connectivity index (χ4v) is 3.60. The molecule has 0 spiro atoms. The molecule has 0 saturated carbocycles. The van der Waals surface area contributed by atoms with E-state index in [0.29, 0.717) is 6.42 Å². The molecular weight excluding hydrogens is 337 g/mol. The minimum Gasteiger partial charge on any atom is -0.316 e. The van der Waals surface area contributed by atoms with Gasteiger partial charge in [-0.2, -0.15) is 0 Å². The van der Waals surface area contributed by atoms with Crippen LogP contribution in [0.15, 0.2) is 57.9 Å². The Morgan fingerprint density at radius 2 is 1.85 bits per heavy atom. The molecule has 2 aromatic carbocycles. The van der Waals surface area contributed by atoms with Crippen LogP contribution in [0.2, 0.25) is 0 Å². The number of thioether (sulfide) groups is 1. The largest absolute Gasteiger partial charge is 0.316 e. The Hall–Kier alpha value is -0.840. The summed E-state index contributed by atoms with van der Waals surface area (Å²) in [4.78, 5) is 1.21. The molecule has 106 valence electrons. The standard InChI is InChI=1S/C16H17BrFNS/c1-19-13(10-12-6-2-4-8-15(12)18)11-20-16-9-5-3-7-14(16)17/h2-9,13,19H,10-11H2,1H3. The molecular formula is C16H17BrFNS. The number of benzene rings is 2. The predicted octanol–water partition coefficient (Wildman–Crippen LogP) is 4.51. The van der Waals surface area contributed by atoms with Crippen LogP contribution in [0.1, 0.15) is 5.56 Å². The van der Waals surface area contributed by atoms with Crippen LogP contribution < -0.4 is 5.32 Å². The number of hydrogen-bond acceptors (Lipinski definition) is 2. The predicted molar refractivity (Wildman–Crippen MR) is 87.8 cm³/mol. The van der Waals surface area contributed by atoms with Crippen molar-refractivity contribution in [1.82, 2.24) is 5.32 Å². The Kier molecular flexibility index (Phi) is 6.07. The maximum Gasteiger partial charge on any atom is 0.126 e. The molecule has 4 heteroatoms. The fourth-order valence-electron chi connectivity index (χ4n) is 1.93. The van der Waals surface area contributed by atoms with Gasteiger partial charge in [-0.1, -0.05) is 30.3 Å². The van der Waals surface area contributed by atoms with Crippen LogP contribution in [0.5, 0.6) is 0 Å². The summed E-state index contributed by atoms with van der Waals surface area (Å²) >= 11 is 5.32. The van der Waals surface area contributed by atoms with Gasteiger partial charge in [-0.15, -0.1) is 11.8 Å². The number of halogens is 2. The quantitative estimate of drug-likeness (QED) is 0.766. The van der Waals surface area contributed by atoms with Crippen LogP contribution in [-0.2, 0) is 6.42 Å². The van der Waals surface area contributed by atoms with E-state index in [1.165, 1.54) is 11.0 Å². The lowest BCUT2D eigenvalue weighted by atomic mass is 10.1. The molecule has 0 aromatic heterocycles. The number of likely N-dealkylation sites (N-methyl/N-ethyl adjacent to an activating group) is 1. The number of rotatable bonds is 6. The van der Waals surface area contributed by atoms with Crippen molar-refractivity contribution in [2.24, 2.45) is 0 Å². The molecule has 1 nitrogen and oxygen atoms in total. The van der Waals surface area contributed by atoms with Crippen molar-refractivity contribution in [3.8, 4) is 0 Å². The third-order valence-electron chi connectivity index (χ3n) is 3.11. The van der Waals surface area contributed by atoms with Gasteiger partial charge in [0.2, 0.25) is 0 Å². The van der Waals surface area contributed by atoms with Crippen molar-refractivity contribution in [3.05, 3.63) is 64.4 Å². The van der Waals surface area contributed by atoms with Gasteiger partial charge in [0.1, 0.15) is 5.82 Å². The third-order valence-corrected chi connectivity index (χ3v) is 5.30. The molecule has 0 aliphatic rings. The molecule has 0 aliphatic heterocycles. The Morgan fingerprint density at radius 3 is 2.55 bits per heavy atom. The summed E-state index contributed by atoms with van der Waals surface area (Å²) in [6.07, 6.45) is 0.695. The molecule has 0 heterocycles. The van der Waals surface area contributed by atoms with E-state index >= 15 is 0 Å². The van der Waals surface area contributed by atoms with E-state index in [1.807, 2.05) is 37.4 Å². The van der Waals surface area contributed by atoms with Crippen LogP contribution in [0.3, 0.4) is 0 Å². The zero-order valence-corrected chi connectivity index (χ0v) is 13.7. The van der Waals surface area contributed by atoms with Crippen LogP contribution in [-0.4, -0.2) is 18.8 Å². The van der Waals surface area contributed by atoms with Gasteiger partial charge >= 0.3 is 0 Å². The van der Waals surface area contributed by atoms with Crippen LogP contribution in [0.25, 0.3) is 0 Å². The number of hydrogen-bond donors (Lipinski definition) is 1. The summed E-state index contributed by atoms with van der Waals surface area (Å²) in [5, 5.41) is 3.26. The van der Waals surface area contributed by atoms with Crippen LogP contribution >= 0.6 is 27.7 Å². The molecule has 20 heavy (non-hydrogen) atoms. The van der Waals surface area contributed by atoms with Crippen molar-refractivity contribution in [1.29, 1.82) is 0 Å². The normalized spacial score (nSPS) is 12.3. The van der Waals surface area contributed by atoms with Crippen LogP contribution in [0.4, 0.5) is 4.39 Å². The minimum atomic E-state index is -0.126. The van der Waals surface area contributed by atoms with E-state index in [0.717, 1.165) is 15.8 Å². The second-order valence-electron chi connectivity index (χ2n) is 4.52. The molecule has 1 N–H and O–H groups in total. The van der Waals surface area contributed by atoms with Gasteiger partial charge in [-0.05, 0) is 53.2 Å². The monoisotopic (exact) mass is 353 g/mol. The molecule has 0 aliphatic carbocycles. The first-order valence-corrected chi connectivity index (χ1v) is 8.26. The van der Waals surface area contributed by atoms with Crippen molar-refractivity contribution >= 4 is 27.7 Å². The average molecular weight is 354 g/mol. The third kappa shape index (κ3) is 4.33. The Labute approximate surface area is 132 Å². The zero-order valence-electron chi connectivity index (χ0n) is 11.3. The highest BCUT2D eigenvalue weighted by Crippen LogP contribution is 2.27. The summed E-state index contributed by atoms with van der Waals surface area (Å²) in [5.41, 5.74) is 0.763. The maximum absolute atomic E-state index is 13.7. The van der Waals surface area contributed by atoms with E-state index in [-0.39, 0.29) is 11.9 Å². The van der Waals surface area contributed by atoms with Crippen molar-refractivity contribution in [3.63, 3.8) is 0 Å². The number of nitrogens with one attached hydrogen (secondary N) is 1. The van der Waals surface area contributed by atoms with Crippen LogP contribution in [0, 0.1) is 5.82 Å². The molecule has 1 unspecified atom stereocenters. The first-order valence-electron chi connectivity index (χ1n) is 6.48. The van der Waals surface area contributed by atoms with E-state index < -0.39 is 0 Å². The van der Waals surface area contributed by atoms with E-state index in [9.17, 15) is 4.39 Å². The molecule has 0 saturated heterocycles. The van der Waals surface area contributed by atoms with Crippen molar-refractivity contribution in [2.75, 3.05) is 12.8 Å². The minimum absolute atomic E-state index is 0.126. The lowest BCUT2D eigenvalue weighted by Crippen LogP contribution is -2.30. The average Bonchev–Trinajstić information content (AvgIpc) is 2.47. The summed E-state index contributed by atoms with van der Waals surface area (Å²) < 4.78 is 14.8. The van der Waals surface area contributed by atoms with Gasteiger partial charge in [0.05, 0.1) is 0 Å². The highest BCUT2D eigenvalue weighted by Gasteiger charge is 2.11. The molecule has 0 radical (unpaired) electrons. The molecule has 0 amide bonds. The smallest absolute Gasteiger partial charge is 0.126 e. The first-order chi connectivity index (χ1) is 9.70. The topological polar surface area (TPSA) is 12.0 Å². The Morgan fingerprint density at radius 1 is 1.15 bits per heavy atom. The molecule has 1 atom stereocenters. The second kappa shape index (κ2) is 7.81. The first kappa shape index (κ1) is 15.5. The molecule has 2 rings (SSSR count). The highest BCUT2D eigenvalue weighted by atomic mass is 79.9. The molecule has 0 bridgehead atoms. The van der Waals surface area contributed by atoms with Crippen molar-refractivity contribution < 1.29 is 4.39 Å². The summed E-state index contributed by atoms with van der Waals surface area (Å²) in [7, 11) is 1.92. The second-order valence-corrected chi connectivity index (χ2v) is 6.44. The van der Waals surface area contributed by atoms with Crippen molar-refractivity contribution in [2.45, 2.75) is 17.4 Å². The van der Waals surface area contributed by atoms with E-state index in [2.05, 4.69) is 27.3 Å². The fraction of sp³-hybridized carbons (Fsp3) is 0.250. The summed E-state index contributed by atoms with van der Waals surface area (Å²) in [5.74, 6) is 0.770. The summed E-state index contributed by atoms with van der Waals surface area (Å²) in [6, 6.07) is 15.4. The van der Waals surface area contributed by atoms with Gasteiger partial charge in [-0.25, -0.2) is 4.39 Å². The van der Waals surface area contributed by atoms with Gasteiger partial charge in [0.25, 0.3) is 0 Å². The Balaban J connectivity index is 1.96. The van der Waals surface area contributed by atoms with Gasteiger partial charge in [0, 0.05) is 21.2 Å². The SMILES string of the molecule is CNC(CSc1ccccc1Br)Cc1ccccc1F. The van der Waals surface area contributed by atoms with E-state index in [4.69, 9.17) is 0 Å². The van der Waals surface area contributed by atoms with Gasteiger partial charge in [-0.3, -0.25) is 0 Å². The summed E-state index contributed by atoms with van der Waals surface area (Å²) in [6.45, 7) is 0. The Bertz CT molecular complexity index is 562. The molecule has 2 aromatic rings. The maximum atomic E-state index is 13.7. The lowest BCUT2D eigenvalue weighted by molar-refractivity contribution is 0.568. The molecule has 0 fully saturated rings. The zero-order chi connectivity index (χ0) is 14.4.